The van der Waals surface area contributed by atoms with E-state index in [1.165, 1.54) is 12.1 Å². The molecule has 2 heterocycles. The molecule has 1 N–H and O–H groups in total. The smallest absolute Gasteiger partial charge is 0.242 e. The number of carbonyl (C=O) groups is 3. The van der Waals surface area contributed by atoms with E-state index in [1.807, 2.05) is 24.3 Å². The number of likely N-dealkylation sites (tertiary alicyclic amines) is 2. The number of nitrogens with one attached hydrogen (secondary N) is 1. The molecule has 0 aliphatic carbocycles. The van der Waals surface area contributed by atoms with Crippen LogP contribution in [0.4, 0.5) is 10.1 Å². The molecule has 2 aliphatic heterocycles. The molecule has 1 unspecified atom stereocenters. The van der Waals surface area contributed by atoms with Gasteiger partial charge in [0, 0.05) is 31.7 Å². The summed E-state index contributed by atoms with van der Waals surface area (Å²) in [5, 5.41) is 2.97. The van der Waals surface area contributed by atoms with E-state index >= 15 is 0 Å². The first-order valence-electron chi connectivity index (χ1n) is 11.2. The Kier molecular flexibility index (Phi) is 6.83. The molecular formula is C25H28FN3O3. The molecule has 6 nitrogen and oxygen atoms in total. The number of nitrogens with zero attached hydrogens (tertiary/aromatic N) is 2. The monoisotopic (exact) mass is 437 g/mol. The molecule has 2 aromatic carbocycles. The SMILES string of the molecule is O=C(Nc1cccc(-c2ccc(F)cc2)c1)C1CCCN(C(=O)CN2CCCCC2=O)C1. The van der Waals surface area contributed by atoms with Crippen LogP contribution < -0.4 is 5.32 Å². The molecule has 2 aliphatic rings. The summed E-state index contributed by atoms with van der Waals surface area (Å²) in [6.45, 7) is 1.72. The minimum absolute atomic E-state index is 0.0388. The maximum atomic E-state index is 13.2. The average molecular weight is 438 g/mol. The highest BCUT2D eigenvalue weighted by molar-refractivity contribution is 5.94. The lowest BCUT2D eigenvalue weighted by molar-refractivity contribution is -0.143. The average Bonchev–Trinajstić information content (AvgIpc) is 2.81. The summed E-state index contributed by atoms with van der Waals surface area (Å²) >= 11 is 0. The molecule has 0 spiro atoms. The van der Waals surface area contributed by atoms with Gasteiger partial charge in [-0.05, 0) is 61.1 Å². The summed E-state index contributed by atoms with van der Waals surface area (Å²) in [4.78, 5) is 41.0. The molecule has 7 heteroatoms. The highest BCUT2D eigenvalue weighted by Crippen LogP contribution is 2.25. The van der Waals surface area contributed by atoms with Gasteiger partial charge in [-0.25, -0.2) is 4.39 Å². The summed E-state index contributed by atoms with van der Waals surface area (Å²) in [5.41, 5.74) is 2.41. The number of halogens is 1. The Morgan fingerprint density at radius 1 is 1.00 bits per heavy atom. The van der Waals surface area contributed by atoms with Gasteiger partial charge in [0.2, 0.25) is 17.7 Å². The van der Waals surface area contributed by atoms with Gasteiger partial charge in [0.15, 0.2) is 0 Å². The first-order chi connectivity index (χ1) is 15.5. The molecule has 0 saturated carbocycles. The van der Waals surface area contributed by atoms with E-state index in [0.29, 0.717) is 31.7 Å². The van der Waals surface area contributed by atoms with Crippen LogP contribution in [0.3, 0.4) is 0 Å². The molecule has 2 fully saturated rings. The Balaban J connectivity index is 1.36. The lowest BCUT2D eigenvalue weighted by Gasteiger charge is -2.34. The second kappa shape index (κ2) is 9.94. The summed E-state index contributed by atoms with van der Waals surface area (Å²) in [7, 11) is 0. The molecule has 1 atom stereocenters. The van der Waals surface area contributed by atoms with Crippen molar-refractivity contribution >= 4 is 23.4 Å². The van der Waals surface area contributed by atoms with Crippen molar-refractivity contribution in [1.29, 1.82) is 0 Å². The van der Waals surface area contributed by atoms with Crippen LogP contribution in [0.1, 0.15) is 32.1 Å². The van der Waals surface area contributed by atoms with Gasteiger partial charge in [0.1, 0.15) is 5.82 Å². The topological polar surface area (TPSA) is 69.7 Å². The van der Waals surface area contributed by atoms with Crippen LogP contribution >= 0.6 is 0 Å². The lowest BCUT2D eigenvalue weighted by Crippen LogP contribution is -2.49. The molecular weight excluding hydrogens is 409 g/mol. The van der Waals surface area contributed by atoms with Crippen LogP contribution in [0.2, 0.25) is 0 Å². The van der Waals surface area contributed by atoms with E-state index in [2.05, 4.69) is 5.32 Å². The summed E-state index contributed by atoms with van der Waals surface area (Å²) < 4.78 is 13.2. The zero-order valence-corrected chi connectivity index (χ0v) is 18.1. The van der Waals surface area contributed by atoms with Crippen LogP contribution in [0.25, 0.3) is 11.1 Å². The van der Waals surface area contributed by atoms with Gasteiger partial charge in [-0.2, -0.15) is 0 Å². The number of amides is 3. The van der Waals surface area contributed by atoms with E-state index in [1.54, 1.807) is 21.9 Å². The van der Waals surface area contributed by atoms with E-state index in [4.69, 9.17) is 0 Å². The van der Waals surface area contributed by atoms with Crippen molar-refractivity contribution in [2.45, 2.75) is 32.1 Å². The first kappa shape index (κ1) is 22.0. The molecule has 2 saturated heterocycles. The third kappa shape index (κ3) is 5.33. The Bertz CT molecular complexity index is 992. The van der Waals surface area contributed by atoms with Crippen molar-refractivity contribution in [3.63, 3.8) is 0 Å². The molecule has 3 amide bonds. The van der Waals surface area contributed by atoms with Crippen molar-refractivity contribution in [1.82, 2.24) is 9.80 Å². The second-order valence-corrected chi connectivity index (χ2v) is 8.53. The lowest BCUT2D eigenvalue weighted by atomic mass is 9.96. The number of piperidine rings is 2. The third-order valence-electron chi connectivity index (χ3n) is 6.20. The minimum atomic E-state index is -0.292. The van der Waals surface area contributed by atoms with Crippen LogP contribution in [0.15, 0.2) is 48.5 Å². The van der Waals surface area contributed by atoms with Crippen molar-refractivity contribution < 1.29 is 18.8 Å². The predicted molar refractivity (Wildman–Crippen MR) is 120 cm³/mol. The number of rotatable bonds is 5. The highest BCUT2D eigenvalue weighted by atomic mass is 19.1. The number of hydrogen-bond donors (Lipinski definition) is 1. The summed E-state index contributed by atoms with van der Waals surface area (Å²) in [6, 6.07) is 13.7. The zero-order chi connectivity index (χ0) is 22.5. The van der Waals surface area contributed by atoms with Crippen molar-refractivity contribution in [2.24, 2.45) is 5.92 Å². The van der Waals surface area contributed by atoms with E-state index < -0.39 is 0 Å². The van der Waals surface area contributed by atoms with Crippen molar-refractivity contribution in [2.75, 3.05) is 31.5 Å². The van der Waals surface area contributed by atoms with Crippen LogP contribution in [0, 0.1) is 11.7 Å². The highest BCUT2D eigenvalue weighted by Gasteiger charge is 2.30. The molecule has 2 aromatic rings. The number of hydrogen-bond acceptors (Lipinski definition) is 3. The molecule has 0 aromatic heterocycles. The maximum absolute atomic E-state index is 13.2. The van der Waals surface area contributed by atoms with Crippen LogP contribution in [-0.4, -0.2) is 53.7 Å². The Labute approximate surface area is 187 Å². The Morgan fingerprint density at radius 3 is 2.59 bits per heavy atom. The summed E-state index contributed by atoms with van der Waals surface area (Å²) in [6.07, 6.45) is 3.80. The molecule has 32 heavy (non-hydrogen) atoms. The number of anilines is 1. The maximum Gasteiger partial charge on any atom is 0.242 e. The van der Waals surface area contributed by atoms with Gasteiger partial charge >= 0.3 is 0 Å². The first-order valence-corrected chi connectivity index (χ1v) is 11.2. The van der Waals surface area contributed by atoms with Crippen molar-refractivity contribution in [3.05, 3.63) is 54.3 Å². The van der Waals surface area contributed by atoms with Gasteiger partial charge in [-0.15, -0.1) is 0 Å². The predicted octanol–water partition coefficient (Wildman–Crippen LogP) is 3.68. The number of carbonyl (C=O) groups excluding carboxylic acids is 3. The summed E-state index contributed by atoms with van der Waals surface area (Å²) in [5.74, 6) is -0.751. The molecule has 168 valence electrons. The van der Waals surface area contributed by atoms with Crippen LogP contribution in [0.5, 0.6) is 0 Å². The quantitative estimate of drug-likeness (QED) is 0.776. The molecule has 0 radical (unpaired) electrons. The fourth-order valence-corrected chi connectivity index (χ4v) is 4.37. The molecule has 4 rings (SSSR count). The second-order valence-electron chi connectivity index (χ2n) is 8.53. The van der Waals surface area contributed by atoms with Gasteiger partial charge in [-0.3, -0.25) is 14.4 Å². The normalized spacial score (nSPS) is 19.0. The fourth-order valence-electron chi connectivity index (χ4n) is 4.37. The van der Waals surface area contributed by atoms with E-state index in [0.717, 1.165) is 36.8 Å². The van der Waals surface area contributed by atoms with E-state index in [-0.39, 0.29) is 36.0 Å². The number of benzene rings is 2. The van der Waals surface area contributed by atoms with Gasteiger partial charge < -0.3 is 15.1 Å². The van der Waals surface area contributed by atoms with Crippen molar-refractivity contribution in [3.8, 4) is 11.1 Å². The van der Waals surface area contributed by atoms with Gasteiger partial charge in [0.05, 0.1) is 12.5 Å². The standard InChI is InChI=1S/C25H28FN3O3/c26-21-11-9-18(10-12-21)19-5-3-7-22(15-19)27-25(32)20-6-4-14-28(16-20)24(31)17-29-13-2-1-8-23(29)30/h3,5,7,9-12,15,20H,1-2,4,6,8,13-14,16-17H2,(H,27,32). The fraction of sp³-hybridized carbons (Fsp3) is 0.400. The van der Waals surface area contributed by atoms with E-state index in [9.17, 15) is 18.8 Å². The van der Waals surface area contributed by atoms with Gasteiger partial charge in [-0.1, -0.05) is 24.3 Å². The largest absolute Gasteiger partial charge is 0.340 e. The Hall–Kier alpha value is -3.22. The third-order valence-corrected chi connectivity index (χ3v) is 6.20. The van der Waals surface area contributed by atoms with Crippen LogP contribution in [-0.2, 0) is 14.4 Å². The van der Waals surface area contributed by atoms with Gasteiger partial charge in [0.25, 0.3) is 0 Å². The Morgan fingerprint density at radius 2 is 1.81 bits per heavy atom. The molecule has 0 bridgehead atoms. The minimum Gasteiger partial charge on any atom is -0.340 e. The zero-order valence-electron chi connectivity index (χ0n) is 18.1.